The highest BCUT2D eigenvalue weighted by atomic mass is 32.2. The molecule has 0 saturated carbocycles. The Bertz CT molecular complexity index is 475. The number of rotatable bonds is 4. The summed E-state index contributed by atoms with van der Waals surface area (Å²) < 4.78 is 28.7. The van der Waals surface area contributed by atoms with E-state index in [2.05, 4.69) is 5.32 Å². The zero-order valence-electron chi connectivity index (χ0n) is 10.6. The predicted octanol–water partition coefficient (Wildman–Crippen LogP) is 2.07. The highest BCUT2D eigenvalue weighted by Crippen LogP contribution is 2.18. The molecule has 1 heterocycles. The number of benzene rings is 1. The summed E-state index contributed by atoms with van der Waals surface area (Å²) in [4.78, 5) is 0.385. The van der Waals surface area contributed by atoms with Gasteiger partial charge in [-0.1, -0.05) is 6.92 Å². The van der Waals surface area contributed by atoms with Crippen LogP contribution in [0.25, 0.3) is 0 Å². The number of sulfone groups is 1. The van der Waals surface area contributed by atoms with Gasteiger partial charge in [0.15, 0.2) is 9.84 Å². The first-order chi connectivity index (χ1) is 8.62. The maximum Gasteiger partial charge on any atom is 0.178 e. The fourth-order valence-corrected chi connectivity index (χ4v) is 2.90. The molecule has 100 valence electrons. The highest BCUT2D eigenvalue weighted by Gasteiger charge is 2.14. The molecular weight excluding hydrogens is 250 g/mol. The topological polar surface area (TPSA) is 55.4 Å². The lowest BCUT2D eigenvalue weighted by Crippen LogP contribution is -2.29. The van der Waals surface area contributed by atoms with Crippen molar-refractivity contribution >= 4 is 15.5 Å². The van der Waals surface area contributed by atoms with E-state index in [-0.39, 0.29) is 5.75 Å². The monoisotopic (exact) mass is 269 g/mol. The zero-order chi connectivity index (χ0) is 13.0. The van der Waals surface area contributed by atoms with Gasteiger partial charge in [0.1, 0.15) is 0 Å². The van der Waals surface area contributed by atoms with Gasteiger partial charge in [-0.2, -0.15) is 0 Å². The van der Waals surface area contributed by atoms with Crippen molar-refractivity contribution in [2.75, 3.05) is 24.3 Å². The Morgan fingerprint density at radius 2 is 2.06 bits per heavy atom. The van der Waals surface area contributed by atoms with E-state index >= 15 is 0 Å². The molecule has 5 heteroatoms. The minimum Gasteiger partial charge on any atom is -0.380 e. The summed E-state index contributed by atoms with van der Waals surface area (Å²) in [6.45, 7) is 3.21. The second-order valence-electron chi connectivity index (χ2n) is 4.49. The van der Waals surface area contributed by atoms with Crippen molar-refractivity contribution in [3.63, 3.8) is 0 Å². The third-order valence-electron chi connectivity index (χ3n) is 3.12. The van der Waals surface area contributed by atoms with E-state index in [1.54, 1.807) is 19.1 Å². The van der Waals surface area contributed by atoms with Crippen LogP contribution in [0.5, 0.6) is 0 Å². The van der Waals surface area contributed by atoms with Gasteiger partial charge in [0, 0.05) is 18.3 Å². The van der Waals surface area contributed by atoms with E-state index in [1.165, 1.54) is 0 Å². The second-order valence-corrected chi connectivity index (χ2v) is 6.76. The van der Waals surface area contributed by atoms with Crippen molar-refractivity contribution in [1.82, 2.24) is 0 Å². The number of ether oxygens (including phenoxy) is 1. The molecule has 0 aliphatic carbocycles. The molecular formula is C13H19NO3S. The summed E-state index contributed by atoms with van der Waals surface area (Å²) >= 11 is 0. The number of hydrogen-bond acceptors (Lipinski definition) is 4. The lowest BCUT2D eigenvalue weighted by molar-refractivity contribution is 0.0876. The normalized spacial score (nSPS) is 20.6. The van der Waals surface area contributed by atoms with Crippen LogP contribution >= 0.6 is 0 Å². The smallest absolute Gasteiger partial charge is 0.178 e. The fraction of sp³-hybridized carbons (Fsp3) is 0.538. The van der Waals surface area contributed by atoms with E-state index in [0.717, 1.165) is 31.7 Å². The molecule has 0 radical (unpaired) electrons. The molecule has 2 rings (SSSR count). The predicted molar refractivity (Wildman–Crippen MR) is 71.6 cm³/mol. The van der Waals surface area contributed by atoms with E-state index < -0.39 is 9.84 Å². The van der Waals surface area contributed by atoms with E-state index in [9.17, 15) is 8.42 Å². The van der Waals surface area contributed by atoms with E-state index in [0.29, 0.717) is 10.9 Å². The SMILES string of the molecule is CCS(=O)(=O)c1ccc(NC2CCCOC2)cc1. The van der Waals surface area contributed by atoms with Gasteiger partial charge in [0.25, 0.3) is 0 Å². The lowest BCUT2D eigenvalue weighted by Gasteiger charge is -2.24. The zero-order valence-corrected chi connectivity index (χ0v) is 11.4. The van der Waals surface area contributed by atoms with Crippen LogP contribution in [0, 0.1) is 0 Å². The Morgan fingerprint density at radius 3 is 2.61 bits per heavy atom. The van der Waals surface area contributed by atoms with Crippen LogP contribution in [0.1, 0.15) is 19.8 Å². The van der Waals surface area contributed by atoms with E-state index in [1.807, 2.05) is 12.1 Å². The van der Waals surface area contributed by atoms with Crippen molar-refractivity contribution in [3.8, 4) is 0 Å². The molecule has 4 nitrogen and oxygen atoms in total. The third-order valence-corrected chi connectivity index (χ3v) is 4.88. The van der Waals surface area contributed by atoms with Crippen molar-refractivity contribution in [1.29, 1.82) is 0 Å². The van der Waals surface area contributed by atoms with Gasteiger partial charge >= 0.3 is 0 Å². The lowest BCUT2D eigenvalue weighted by atomic mass is 10.1. The number of hydrogen-bond donors (Lipinski definition) is 1. The van der Waals surface area contributed by atoms with Gasteiger partial charge in [-0.3, -0.25) is 0 Å². The first kappa shape index (κ1) is 13.4. The molecule has 1 saturated heterocycles. The van der Waals surface area contributed by atoms with Gasteiger partial charge in [0.05, 0.1) is 17.3 Å². The first-order valence-electron chi connectivity index (χ1n) is 6.29. The molecule has 1 aromatic carbocycles. The second kappa shape index (κ2) is 5.71. The minimum absolute atomic E-state index is 0.135. The molecule has 0 bridgehead atoms. The van der Waals surface area contributed by atoms with Crippen molar-refractivity contribution in [2.24, 2.45) is 0 Å². The van der Waals surface area contributed by atoms with Crippen LogP contribution in [0.15, 0.2) is 29.2 Å². The molecule has 0 amide bonds. The maximum absolute atomic E-state index is 11.7. The average molecular weight is 269 g/mol. The summed E-state index contributed by atoms with van der Waals surface area (Å²) in [6, 6.07) is 7.27. The van der Waals surface area contributed by atoms with Gasteiger partial charge in [-0.15, -0.1) is 0 Å². The Labute approximate surface area is 108 Å². The van der Waals surface area contributed by atoms with Gasteiger partial charge < -0.3 is 10.1 Å². The quantitative estimate of drug-likeness (QED) is 0.909. The Kier molecular flexibility index (Phi) is 4.24. The van der Waals surface area contributed by atoms with Crippen molar-refractivity contribution in [3.05, 3.63) is 24.3 Å². The Hall–Kier alpha value is -1.07. The van der Waals surface area contributed by atoms with Crippen molar-refractivity contribution < 1.29 is 13.2 Å². The summed E-state index contributed by atoms with van der Waals surface area (Å²) in [5.41, 5.74) is 0.945. The molecule has 1 fully saturated rings. The Balaban J connectivity index is 2.03. The molecule has 1 N–H and O–H groups in total. The van der Waals surface area contributed by atoms with Crippen LogP contribution in [0.3, 0.4) is 0 Å². The third kappa shape index (κ3) is 3.23. The van der Waals surface area contributed by atoms with Crippen LogP contribution in [-0.4, -0.2) is 33.4 Å². The van der Waals surface area contributed by atoms with Crippen LogP contribution < -0.4 is 5.32 Å². The average Bonchev–Trinajstić information content (AvgIpc) is 2.40. The van der Waals surface area contributed by atoms with Crippen LogP contribution in [0.4, 0.5) is 5.69 Å². The summed E-state index contributed by atoms with van der Waals surface area (Å²) in [7, 11) is -3.10. The van der Waals surface area contributed by atoms with Crippen molar-refractivity contribution in [2.45, 2.75) is 30.7 Å². The standard InChI is InChI=1S/C13H19NO3S/c1-2-18(15,16)13-7-5-11(6-8-13)14-12-4-3-9-17-10-12/h5-8,12,14H,2-4,9-10H2,1H3. The van der Waals surface area contributed by atoms with Crippen LogP contribution in [-0.2, 0) is 14.6 Å². The molecule has 1 aliphatic heterocycles. The largest absolute Gasteiger partial charge is 0.380 e. The molecule has 1 aromatic rings. The molecule has 1 atom stereocenters. The summed E-state index contributed by atoms with van der Waals surface area (Å²) in [5, 5.41) is 3.36. The molecule has 18 heavy (non-hydrogen) atoms. The highest BCUT2D eigenvalue weighted by molar-refractivity contribution is 7.91. The molecule has 0 spiro atoms. The molecule has 1 aliphatic rings. The van der Waals surface area contributed by atoms with Gasteiger partial charge in [-0.05, 0) is 37.1 Å². The van der Waals surface area contributed by atoms with Gasteiger partial charge in [0.2, 0.25) is 0 Å². The van der Waals surface area contributed by atoms with Crippen LogP contribution in [0.2, 0.25) is 0 Å². The summed E-state index contributed by atoms with van der Waals surface area (Å²) in [5.74, 6) is 0.135. The number of nitrogens with one attached hydrogen (secondary N) is 1. The fourth-order valence-electron chi connectivity index (χ4n) is 2.02. The summed E-state index contributed by atoms with van der Waals surface area (Å²) in [6.07, 6.45) is 2.16. The minimum atomic E-state index is -3.10. The Morgan fingerprint density at radius 1 is 1.33 bits per heavy atom. The molecule has 0 aromatic heterocycles. The van der Waals surface area contributed by atoms with Gasteiger partial charge in [-0.25, -0.2) is 8.42 Å². The van der Waals surface area contributed by atoms with E-state index in [4.69, 9.17) is 4.74 Å². The maximum atomic E-state index is 11.7. The first-order valence-corrected chi connectivity index (χ1v) is 7.94. The molecule has 1 unspecified atom stereocenters. The number of anilines is 1.